The zero-order chi connectivity index (χ0) is 23.5. The van der Waals surface area contributed by atoms with E-state index in [2.05, 4.69) is 9.55 Å². The minimum atomic E-state index is -0.950. The summed E-state index contributed by atoms with van der Waals surface area (Å²) in [5, 5.41) is 11.3. The van der Waals surface area contributed by atoms with Crippen LogP contribution in [0.4, 0.5) is 10.5 Å². The zero-order valence-electron chi connectivity index (χ0n) is 19.0. The number of pyridine rings is 1. The first kappa shape index (κ1) is 21.8. The van der Waals surface area contributed by atoms with Gasteiger partial charge in [-0.2, -0.15) is 0 Å². The van der Waals surface area contributed by atoms with E-state index in [0.29, 0.717) is 24.7 Å². The molecular formula is C25H27ClN4O3. The number of benzene rings is 1. The number of carbonyl (C=O) groups excluding carboxylic acids is 1. The van der Waals surface area contributed by atoms with Crippen LogP contribution in [0.3, 0.4) is 0 Å². The van der Waals surface area contributed by atoms with E-state index in [1.165, 1.54) is 4.90 Å². The van der Waals surface area contributed by atoms with Gasteiger partial charge in [-0.25, -0.2) is 4.79 Å². The average Bonchev–Trinajstić information content (AvgIpc) is 3.44. The molecule has 0 radical (unpaired) electrons. The van der Waals surface area contributed by atoms with Crippen molar-refractivity contribution in [3.05, 3.63) is 59.0 Å². The first-order chi connectivity index (χ1) is 15.6. The Bertz CT molecular complexity index is 1270. The number of nitrogens with zero attached hydrogens (tertiary/aromatic N) is 4. The van der Waals surface area contributed by atoms with Crippen molar-refractivity contribution in [3.63, 3.8) is 0 Å². The third kappa shape index (κ3) is 3.55. The van der Waals surface area contributed by atoms with Crippen molar-refractivity contribution in [3.8, 4) is 0 Å². The predicted molar refractivity (Wildman–Crippen MR) is 128 cm³/mol. The molecule has 7 nitrogen and oxygen atoms in total. The number of fused-ring (bicyclic) bond motifs is 3. The van der Waals surface area contributed by atoms with Crippen molar-refractivity contribution in [1.29, 1.82) is 0 Å². The van der Waals surface area contributed by atoms with Crippen molar-refractivity contribution in [2.24, 2.45) is 0 Å². The maximum atomic E-state index is 13.4. The van der Waals surface area contributed by atoms with Crippen molar-refractivity contribution in [2.45, 2.75) is 57.7 Å². The molecule has 1 aliphatic carbocycles. The molecule has 0 bridgehead atoms. The molecule has 1 fully saturated rings. The van der Waals surface area contributed by atoms with Crippen LogP contribution in [0, 0.1) is 0 Å². The van der Waals surface area contributed by atoms with Gasteiger partial charge in [-0.15, -0.1) is 0 Å². The molecule has 2 amide bonds. The van der Waals surface area contributed by atoms with Gasteiger partial charge in [0.2, 0.25) is 5.91 Å². The number of carboxylic acid groups (broad SMARTS) is 1. The molecule has 33 heavy (non-hydrogen) atoms. The van der Waals surface area contributed by atoms with Crippen LogP contribution in [0.5, 0.6) is 0 Å². The van der Waals surface area contributed by atoms with Crippen molar-refractivity contribution in [2.75, 3.05) is 11.4 Å². The Morgan fingerprint density at radius 1 is 1.24 bits per heavy atom. The van der Waals surface area contributed by atoms with Crippen LogP contribution in [0.2, 0.25) is 5.02 Å². The van der Waals surface area contributed by atoms with Gasteiger partial charge in [0.15, 0.2) is 0 Å². The summed E-state index contributed by atoms with van der Waals surface area (Å²) in [6, 6.07) is 9.70. The van der Waals surface area contributed by atoms with E-state index in [-0.39, 0.29) is 11.3 Å². The fourth-order valence-electron chi connectivity index (χ4n) is 5.03. The van der Waals surface area contributed by atoms with Crippen LogP contribution >= 0.6 is 11.6 Å². The Morgan fingerprint density at radius 3 is 2.67 bits per heavy atom. The molecule has 8 heteroatoms. The van der Waals surface area contributed by atoms with Crippen LogP contribution in [-0.2, 0) is 23.3 Å². The first-order valence-corrected chi connectivity index (χ1v) is 11.5. The van der Waals surface area contributed by atoms with E-state index >= 15 is 0 Å². The van der Waals surface area contributed by atoms with Gasteiger partial charge in [-0.1, -0.05) is 11.6 Å². The third-order valence-electron chi connectivity index (χ3n) is 6.87. The van der Waals surface area contributed by atoms with Crippen LogP contribution in [0.15, 0.2) is 42.7 Å². The van der Waals surface area contributed by atoms with Gasteiger partial charge in [-0.05, 0) is 69.5 Å². The number of anilines is 1. The summed E-state index contributed by atoms with van der Waals surface area (Å²) < 4.78 is 2.11. The number of hydrogen-bond donors (Lipinski definition) is 1. The summed E-state index contributed by atoms with van der Waals surface area (Å²) in [6.07, 6.45) is 4.32. The maximum absolute atomic E-state index is 13.4. The number of halogens is 1. The molecule has 1 spiro atoms. The van der Waals surface area contributed by atoms with E-state index < -0.39 is 11.6 Å². The minimum Gasteiger partial charge on any atom is -0.465 e. The third-order valence-corrected chi connectivity index (χ3v) is 7.10. The van der Waals surface area contributed by atoms with E-state index in [1.54, 1.807) is 12.4 Å². The second-order valence-corrected chi connectivity index (χ2v) is 10.4. The van der Waals surface area contributed by atoms with E-state index in [0.717, 1.165) is 40.7 Å². The molecule has 0 saturated heterocycles. The lowest BCUT2D eigenvalue weighted by molar-refractivity contribution is -0.120. The van der Waals surface area contributed by atoms with Crippen molar-refractivity contribution < 1.29 is 14.7 Å². The lowest BCUT2D eigenvalue weighted by Crippen LogP contribution is -2.46. The highest BCUT2D eigenvalue weighted by atomic mass is 35.5. The molecule has 0 unspecified atom stereocenters. The first-order valence-electron chi connectivity index (χ1n) is 11.2. The Kier molecular flexibility index (Phi) is 4.94. The van der Waals surface area contributed by atoms with Crippen LogP contribution < -0.4 is 4.90 Å². The molecule has 3 aromatic rings. The fourth-order valence-corrected chi connectivity index (χ4v) is 5.21. The molecule has 3 heterocycles. The molecule has 172 valence electrons. The molecule has 2 aliphatic rings. The molecule has 1 N–H and O–H groups in total. The SMILES string of the molecule is CC(C)(C)N(CCn1c(CN2C(=O)C3(CC3)c3ccncc32)cc2cc(Cl)ccc21)C(=O)O. The smallest absolute Gasteiger partial charge is 0.407 e. The highest BCUT2D eigenvalue weighted by molar-refractivity contribution is 6.31. The average molecular weight is 467 g/mol. The van der Waals surface area contributed by atoms with E-state index in [4.69, 9.17) is 11.6 Å². The molecule has 1 aliphatic heterocycles. The highest BCUT2D eigenvalue weighted by Gasteiger charge is 2.59. The fraction of sp³-hybridized carbons (Fsp3) is 0.400. The van der Waals surface area contributed by atoms with Gasteiger partial charge in [0, 0.05) is 46.4 Å². The van der Waals surface area contributed by atoms with Crippen molar-refractivity contribution in [1.82, 2.24) is 14.5 Å². The zero-order valence-corrected chi connectivity index (χ0v) is 19.8. The molecule has 1 aromatic carbocycles. The van der Waals surface area contributed by atoms with Crippen LogP contribution in [0.1, 0.15) is 44.9 Å². The number of rotatable bonds is 5. The second kappa shape index (κ2) is 7.48. The molecule has 0 atom stereocenters. The normalized spacial score (nSPS) is 16.5. The van der Waals surface area contributed by atoms with E-state index in [9.17, 15) is 14.7 Å². The second-order valence-electron chi connectivity index (χ2n) is 9.96. The summed E-state index contributed by atoms with van der Waals surface area (Å²) in [6.45, 7) is 6.85. The van der Waals surface area contributed by atoms with E-state index in [1.807, 2.05) is 56.0 Å². The van der Waals surface area contributed by atoms with Crippen LogP contribution in [0.25, 0.3) is 10.9 Å². The lowest BCUT2D eigenvalue weighted by Gasteiger charge is -2.33. The monoisotopic (exact) mass is 466 g/mol. The summed E-state index contributed by atoms with van der Waals surface area (Å²) in [4.78, 5) is 32.8. The van der Waals surface area contributed by atoms with Gasteiger partial charge in [0.05, 0.1) is 23.8 Å². The topological polar surface area (TPSA) is 78.7 Å². The van der Waals surface area contributed by atoms with Gasteiger partial charge in [0.1, 0.15) is 0 Å². The molecule has 1 saturated carbocycles. The molecular weight excluding hydrogens is 440 g/mol. The Balaban J connectivity index is 1.52. The quantitative estimate of drug-likeness (QED) is 0.571. The Hall–Kier alpha value is -3.06. The number of carbonyl (C=O) groups is 2. The summed E-state index contributed by atoms with van der Waals surface area (Å²) in [5.41, 5.74) is 2.94. The number of amides is 2. The maximum Gasteiger partial charge on any atom is 0.407 e. The highest BCUT2D eigenvalue weighted by Crippen LogP contribution is 2.57. The lowest BCUT2D eigenvalue weighted by atomic mass is 9.99. The van der Waals surface area contributed by atoms with Crippen LogP contribution in [-0.4, -0.2) is 43.6 Å². The van der Waals surface area contributed by atoms with Gasteiger partial charge in [0.25, 0.3) is 0 Å². The predicted octanol–water partition coefficient (Wildman–Crippen LogP) is 5.05. The number of aromatic nitrogens is 2. The van der Waals surface area contributed by atoms with Gasteiger partial charge in [-0.3, -0.25) is 9.78 Å². The number of hydrogen-bond acceptors (Lipinski definition) is 3. The van der Waals surface area contributed by atoms with Gasteiger partial charge < -0.3 is 19.5 Å². The van der Waals surface area contributed by atoms with Crippen molar-refractivity contribution >= 4 is 40.2 Å². The molecule has 2 aromatic heterocycles. The minimum absolute atomic E-state index is 0.127. The largest absolute Gasteiger partial charge is 0.465 e. The summed E-state index contributed by atoms with van der Waals surface area (Å²) in [5.74, 6) is 0.127. The molecule has 5 rings (SSSR count). The Morgan fingerprint density at radius 2 is 2.00 bits per heavy atom. The standard InChI is InChI=1S/C25H27ClN4O3/c1-24(2,3)30(23(32)33)11-10-28-18(13-16-12-17(26)4-5-20(16)28)15-29-21-14-27-9-6-19(21)25(7-8-25)22(29)31/h4-6,9,12-14H,7-8,10-11,15H2,1-3H3,(H,32,33). The Labute approximate surface area is 197 Å². The summed E-state index contributed by atoms with van der Waals surface area (Å²) >= 11 is 6.25. The van der Waals surface area contributed by atoms with Gasteiger partial charge >= 0.3 is 6.09 Å². The summed E-state index contributed by atoms with van der Waals surface area (Å²) in [7, 11) is 0.